The molecular weight excluding hydrogens is 447 g/mol. The Morgan fingerprint density at radius 1 is 1.06 bits per heavy atom. The summed E-state index contributed by atoms with van der Waals surface area (Å²) in [4.78, 5) is 4.72. The molecule has 3 saturated heterocycles. The van der Waals surface area contributed by atoms with Crippen molar-refractivity contribution in [3.63, 3.8) is 0 Å². The molecule has 3 fully saturated rings. The first-order valence-corrected chi connectivity index (χ1v) is 12.2. The van der Waals surface area contributed by atoms with Gasteiger partial charge in [0.1, 0.15) is 5.82 Å². The molecule has 0 aliphatic carbocycles. The third-order valence-corrected chi connectivity index (χ3v) is 7.45. The summed E-state index contributed by atoms with van der Waals surface area (Å²) >= 11 is 0. The number of halogens is 3. The molecule has 2 aromatic rings. The number of nitrogens with zero attached hydrogens (tertiary/aromatic N) is 5. The fourth-order valence-electron chi connectivity index (χ4n) is 5.61. The Kier molecular flexibility index (Phi) is 6.70. The van der Waals surface area contributed by atoms with Crippen LogP contribution < -0.4 is 9.64 Å². The average molecular weight is 480 g/mol. The molecule has 7 nitrogen and oxygen atoms in total. The zero-order valence-electron chi connectivity index (χ0n) is 19.5. The lowest BCUT2D eigenvalue weighted by Gasteiger charge is -2.27. The smallest absolute Gasteiger partial charge is 0.416 e. The molecule has 3 aliphatic heterocycles. The van der Waals surface area contributed by atoms with Crippen molar-refractivity contribution in [3.05, 3.63) is 35.7 Å². The van der Waals surface area contributed by atoms with Gasteiger partial charge in [0.05, 0.1) is 12.2 Å². The van der Waals surface area contributed by atoms with Crippen LogP contribution in [0.25, 0.3) is 0 Å². The van der Waals surface area contributed by atoms with E-state index in [9.17, 15) is 13.2 Å². The topological polar surface area (TPSA) is 55.7 Å². The second kappa shape index (κ2) is 9.73. The van der Waals surface area contributed by atoms with Crippen LogP contribution in [0.3, 0.4) is 0 Å². The number of benzene rings is 1. The zero-order valence-corrected chi connectivity index (χ0v) is 19.5. The van der Waals surface area contributed by atoms with Crippen LogP contribution in [0.1, 0.15) is 43.0 Å². The minimum Gasteiger partial charge on any atom is -0.464 e. The van der Waals surface area contributed by atoms with Crippen molar-refractivity contribution >= 4 is 5.69 Å². The monoisotopic (exact) mass is 479 g/mol. The number of aromatic nitrogens is 3. The molecule has 5 rings (SSSR count). The van der Waals surface area contributed by atoms with E-state index in [0.29, 0.717) is 30.5 Å². The molecule has 0 saturated carbocycles. The summed E-state index contributed by atoms with van der Waals surface area (Å²) in [5.41, 5.74) is 0.288. The average Bonchev–Trinajstić information content (AvgIpc) is 3.51. The van der Waals surface area contributed by atoms with Gasteiger partial charge in [-0.25, -0.2) is 0 Å². The standard InChI is InChI=1S/C24H32F3N5O2/c1-30-22(17-8-13-33-14-9-17)28-29-23(30)34-12-2-10-31-15-18-7-11-32(21(18)16-31)20-5-3-19(4-6-20)24(25,26)27/h3-6,17-18,21H,2,7-16H2,1H3. The molecule has 1 aromatic carbocycles. The predicted octanol–water partition coefficient (Wildman–Crippen LogP) is 3.71. The zero-order chi connectivity index (χ0) is 23.7. The number of hydrogen-bond acceptors (Lipinski definition) is 6. The van der Waals surface area contributed by atoms with Crippen LogP contribution in [-0.4, -0.2) is 71.7 Å². The molecule has 34 heavy (non-hydrogen) atoms. The van der Waals surface area contributed by atoms with Crippen molar-refractivity contribution in [2.45, 2.75) is 43.8 Å². The van der Waals surface area contributed by atoms with Crippen LogP contribution in [0, 0.1) is 5.92 Å². The van der Waals surface area contributed by atoms with Gasteiger partial charge in [-0.1, -0.05) is 5.10 Å². The molecule has 3 aliphatic rings. The summed E-state index contributed by atoms with van der Waals surface area (Å²) in [5, 5.41) is 8.57. The maximum Gasteiger partial charge on any atom is 0.416 e. The van der Waals surface area contributed by atoms with Crippen LogP contribution in [0.5, 0.6) is 6.01 Å². The highest BCUT2D eigenvalue weighted by Crippen LogP contribution is 2.37. The van der Waals surface area contributed by atoms with Gasteiger partial charge in [0.2, 0.25) is 0 Å². The minimum atomic E-state index is -4.30. The molecule has 10 heteroatoms. The number of anilines is 1. The first-order chi connectivity index (χ1) is 16.4. The van der Waals surface area contributed by atoms with Crippen LogP contribution in [0.2, 0.25) is 0 Å². The molecule has 0 radical (unpaired) electrons. The molecule has 0 bridgehead atoms. The summed E-state index contributed by atoms with van der Waals surface area (Å²) in [6, 6.07) is 6.51. The number of ether oxygens (including phenoxy) is 2. The number of rotatable bonds is 7. The molecule has 0 N–H and O–H groups in total. The molecule has 0 spiro atoms. The van der Waals surface area contributed by atoms with Crippen molar-refractivity contribution in [2.75, 3.05) is 50.9 Å². The van der Waals surface area contributed by atoms with Gasteiger partial charge in [0.15, 0.2) is 0 Å². The van der Waals surface area contributed by atoms with Gasteiger partial charge in [-0.05, 0) is 55.9 Å². The predicted molar refractivity (Wildman–Crippen MR) is 121 cm³/mol. The Morgan fingerprint density at radius 3 is 2.56 bits per heavy atom. The van der Waals surface area contributed by atoms with Gasteiger partial charge in [0.25, 0.3) is 0 Å². The van der Waals surface area contributed by atoms with E-state index in [-0.39, 0.29) is 0 Å². The third-order valence-electron chi connectivity index (χ3n) is 7.45. The normalized spacial score (nSPS) is 24.1. The van der Waals surface area contributed by atoms with E-state index in [1.165, 1.54) is 12.1 Å². The van der Waals surface area contributed by atoms with Gasteiger partial charge < -0.3 is 19.3 Å². The highest BCUT2D eigenvalue weighted by Gasteiger charge is 2.41. The summed E-state index contributed by atoms with van der Waals surface area (Å²) in [6.07, 6.45) is -0.402. The Balaban J connectivity index is 1.09. The third kappa shape index (κ3) is 4.88. The Labute approximate surface area is 197 Å². The van der Waals surface area contributed by atoms with E-state index < -0.39 is 11.7 Å². The van der Waals surface area contributed by atoms with Crippen molar-refractivity contribution in [1.29, 1.82) is 0 Å². The van der Waals surface area contributed by atoms with Gasteiger partial charge in [-0.15, -0.1) is 5.10 Å². The van der Waals surface area contributed by atoms with Crippen LogP contribution in [0.4, 0.5) is 18.9 Å². The SMILES string of the molecule is Cn1c(OCCCN2CC3CCN(c4ccc(C(F)(F)F)cc4)C3C2)nnc1C1CCOCC1. The number of hydrogen-bond donors (Lipinski definition) is 0. The van der Waals surface area contributed by atoms with E-state index in [2.05, 4.69) is 20.0 Å². The van der Waals surface area contributed by atoms with E-state index in [1.54, 1.807) is 12.1 Å². The second-order valence-electron chi connectivity index (χ2n) is 9.60. The maximum absolute atomic E-state index is 12.9. The van der Waals surface area contributed by atoms with Crippen molar-refractivity contribution < 1.29 is 22.6 Å². The number of alkyl halides is 3. The molecule has 186 valence electrons. The number of fused-ring (bicyclic) bond motifs is 1. The quantitative estimate of drug-likeness (QED) is 0.565. The van der Waals surface area contributed by atoms with Crippen LogP contribution in [0.15, 0.2) is 24.3 Å². The second-order valence-corrected chi connectivity index (χ2v) is 9.60. The first-order valence-electron chi connectivity index (χ1n) is 12.2. The summed E-state index contributed by atoms with van der Waals surface area (Å²) in [6.45, 7) is 5.90. The van der Waals surface area contributed by atoms with Crippen LogP contribution in [-0.2, 0) is 18.0 Å². The molecule has 4 heterocycles. The first kappa shape index (κ1) is 23.4. The molecule has 0 amide bonds. The number of likely N-dealkylation sites (tertiary alicyclic amines) is 1. The van der Waals surface area contributed by atoms with Crippen molar-refractivity contribution in [3.8, 4) is 6.01 Å². The van der Waals surface area contributed by atoms with Crippen LogP contribution >= 0.6 is 0 Å². The van der Waals surface area contributed by atoms with Gasteiger partial charge in [-0.3, -0.25) is 4.57 Å². The summed E-state index contributed by atoms with van der Waals surface area (Å²) in [5.74, 6) is 1.90. The Hall–Kier alpha value is -2.33. The Morgan fingerprint density at radius 2 is 1.82 bits per heavy atom. The molecule has 2 unspecified atom stereocenters. The van der Waals surface area contributed by atoms with Crippen molar-refractivity contribution in [1.82, 2.24) is 19.7 Å². The lowest BCUT2D eigenvalue weighted by molar-refractivity contribution is -0.137. The molecule has 1 aromatic heterocycles. The lowest BCUT2D eigenvalue weighted by Crippen LogP contribution is -2.35. The fourth-order valence-corrected chi connectivity index (χ4v) is 5.61. The largest absolute Gasteiger partial charge is 0.464 e. The highest BCUT2D eigenvalue weighted by molar-refractivity contribution is 5.50. The van der Waals surface area contributed by atoms with E-state index in [4.69, 9.17) is 9.47 Å². The minimum absolute atomic E-state index is 0.360. The summed E-state index contributed by atoms with van der Waals surface area (Å²) in [7, 11) is 1.96. The van der Waals surface area contributed by atoms with Gasteiger partial charge in [-0.2, -0.15) is 13.2 Å². The van der Waals surface area contributed by atoms with Gasteiger partial charge >= 0.3 is 12.2 Å². The van der Waals surface area contributed by atoms with E-state index >= 15 is 0 Å². The molecule has 2 atom stereocenters. The van der Waals surface area contributed by atoms with Crippen molar-refractivity contribution in [2.24, 2.45) is 13.0 Å². The maximum atomic E-state index is 12.9. The van der Waals surface area contributed by atoms with Gasteiger partial charge in [0, 0.05) is 64.1 Å². The van der Waals surface area contributed by atoms with E-state index in [0.717, 1.165) is 76.6 Å². The van der Waals surface area contributed by atoms with E-state index in [1.807, 2.05) is 11.6 Å². The fraction of sp³-hybridized carbons (Fsp3) is 0.667. The Bertz CT molecular complexity index is 959. The summed E-state index contributed by atoms with van der Waals surface area (Å²) < 4.78 is 52.0. The molecular formula is C24H32F3N5O2. The lowest BCUT2D eigenvalue weighted by atomic mass is 10.00. The highest BCUT2D eigenvalue weighted by atomic mass is 19.4.